The summed E-state index contributed by atoms with van der Waals surface area (Å²) in [6.45, 7) is 1.81. The largest absolute Gasteiger partial charge is 0.360 e. The average molecular weight is 269 g/mol. The van der Waals surface area contributed by atoms with Crippen LogP contribution in [0.2, 0.25) is 0 Å². The lowest BCUT2D eigenvalue weighted by molar-refractivity contribution is -0.137. The molecule has 3 heterocycles. The smallest absolute Gasteiger partial charge is 0.222 e. The van der Waals surface area contributed by atoms with E-state index in [-0.39, 0.29) is 0 Å². The van der Waals surface area contributed by atoms with Crippen LogP contribution in [0.1, 0.15) is 25.0 Å². The second kappa shape index (κ2) is 4.62. The molecule has 0 bridgehead atoms. The summed E-state index contributed by atoms with van der Waals surface area (Å²) in [7, 11) is 0. The molecule has 20 heavy (non-hydrogen) atoms. The van der Waals surface area contributed by atoms with Crippen molar-refractivity contribution in [3.8, 4) is 0 Å². The minimum absolute atomic E-state index is 0.356. The first-order valence-corrected chi connectivity index (χ1v) is 7.48. The molecule has 1 N–H and O–H groups in total. The van der Waals surface area contributed by atoms with E-state index >= 15 is 0 Å². The van der Waals surface area contributed by atoms with Gasteiger partial charge in [0.25, 0.3) is 0 Å². The number of carbonyl (C=O) groups excluding carboxylic acids is 1. The first-order valence-electron chi connectivity index (χ1n) is 7.48. The first-order chi connectivity index (χ1) is 9.79. The van der Waals surface area contributed by atoms with Gasteiger partial charge in [0.15, 0.2) is 0 Å². The highest BCUT2D eigenvalue weighted by atomic mass is 16.2. The van der Waals surface area contributed by atoms with Crippen molar-refractivity contribution in [1.29, 1.82) is 0 Å². The van der Waals surface area contributed by atoms with Crippen LogP contribution in [0.25, 0.3) is 10.9 Å². The van der Waals surface area contributed by atoms with Crippen LogP contribution in [-0.2, 0) is 11.2 Å². The number of nitrogens with one attached hydrogen (secondary N) is 1. The lowest BCUT2D eigenvalue weighted by Crippen LogP contribution is -2.50. The molecule has 1 amide bonds. The van der Waals surface area contributed by atoms with Gasteiger partial charge in [0.2, 0.25) is 5.91 Å². The Kier molecular flexibility index (Phi) is 2.76. The minimum Gasteiger partial charge on any atom is -0.360 e. The van der Waals surface area contributed by atoms with Gasteiger partial charge in [0.1, 0.15) is 0 Å². The fourth-order valence-electron chi connectivity index (χ4n) is 3.07. The lowest BCUT2D eigenvalue weighted by atomic mass is 9.93. The van der Waals surface area contributed by atoms with Gasteiger partial charge in [-0.05, 0) is 43.2 Å². The standard InChI is InChI=1S/C16H19N3O/c20-15(8-11-1-2-11)19-9-12(10-19)7-14-16-13(3-5-17-14)4-6-18-16/h3-6,11-12,18H,1-2,7-10H2. The Morgan fingerprint density at radius 3 is 2.95 bits per heavy atom. The van der Waals surface area contributed by atoms with Gasteiger partial charge in [-0.3, -0.25) is 9.78 Å². The van der Waals surface area contributed by atoms with Crippen molar-refractivity contribution in [1.82, 2.24) is 14.9 Å². The number of hydrogen-bond acceptors (Lipinski definition) is 2. The Labute approximate surface area is 118 Å². The second-order valence-corrected chi connectivity index (χ2v) is 6.22. The minimum atomic E-state index is 0.356. The highest BCUT2D eigenvalue weighted by Crippen LogP contribution is 2.34. The van der Waals surface area contributed by atoms with E-state index in [1.807, 2.05) is 23.4 Å². The quantitative estimate of drug-likeness (QED) is 0.926. The van der Waals surface area contributed by atoms with Crippen LogP contribution in [0.15, 0.2) is 24.5 Å². The Morgan fingerprint density at radius 2 is 2.15 bits per heavy atom. The Balaban J connectivity index is 1.37. The fraction of sp³-hybridized carbons (Fsp3) is 0.500. The predicted molar refractivity (Wildman–Crippen MR) is 77.2 cm³/mol. The maximum absolute atomic E-state index is 11.9. The molecule has 0 aromatic carbocycles. The third-order valence-corrected chi connectivity index (χ3v) is 4.50. The van der Waals surface area contributed by atoms with E-state index < -0.39 is 0 Å². The Morgan fingerprint density at radius 1 is 1.30 bits per heavy atom. The number of aromatic amines is 1. The Hall–Kier alpha value is -1.84. The van der Waals surface area contributed by atoms with Crippen LogP contribution in [0.5, 0.6) is 0 Å². The Bertz CT molecular complexity index is 638. The van der Waals surface area contributed by atoms with Crippen molar-refractivity contribution in [2.45, 2.75) is 25.7 Å². The van der Waals surface area contributed by atoms with Crippen molar-refractivity contribution in [2.75, 3.05) is 13.1 Å². The number of nitrogens with zero attached hydrogens (tertiary/aromatic N) is 2. The molecule has 0 atom stereocenters. The molecule has 1 aliphatic heterocycles. The number of likely N-dealkylation sites (tertiary alicyclic amines) is 1. The third kappa shape index (κ3) is 2.19. The van der Waals surface area contributed by atoms with Crippen LogP contribution in [-0.4, -0.2) is 33.9 Å². The number of fused-ring (bicyclic) bond motifs is 1. The van der Waals surface area contributed by atoms with Gasteiger partial charge in [-0.15, -0.1) is 0 Å². The van der Waals surface area contributed by atoms with E-state index in [2.05, 4.69) is 16.0 Å². The summed E-state index contributed by atoms with van der Waals surface area (Å²) >= 11 is 0. The molecule has 1 saturated heterocycles. The van der Waals surface area contributed by atoms with Gasteiger partial charge in [0, 0.05) is 37.3 Å². The zero-order valence-electron chi connectivity index (χ0n) is 11.5. The van der Waals surface area contributed by atoms with E-state index in [9.17, 15) is 4.79 Å². The molecule has 1 saturated carbocycles. The number of aromatic nitrogens is 2. The molecule has 2 aliphatic rings. The molecule has 2 fully saturated rings. The average Bonchev–Trinajstić information content (AvgIpc) is 3.06. The number of H-pyrrole nitrogens is 1. The topological polar surface area (TPSA) is 49.0 Å². The summed E-state index contributed by atoms with van der Waals surface area (Å²) in [4.78, 5) is 21.7. The van der Waals surface area contributed by atoms with Crippen LogP contribution in [0, 0.1) is 11.8 Å². The fourth-order valence-corrected chi connectivity index (χ4v) is 3.07. The third-order valence-electron chi connectivity index (χ3n) is 4.50. The van der Waals surface area contributed by atoms with Gasteiger partial charge < -0.3 is 9.88 Å². The molecule has 2 aromatic rings. The molecule has 2 aromatic heterocycles. The van der Waals surface area contributed by atoms with E-state index in [0.717, 1.165) is 37.1 Å². The van der Waals surface area contributed by atoms with Crippen LogP contribution >= 0.6 is 0 Å². The summed E-state index contributed by atoms with van der Waals surface area (Å²) in [6.07, 6.45) is 8.08. The molecule has 4 nitrogen and oxygen atoms in total. The summed E-state index contributed by atoms with van der Waals surface area (Å²) in [5.74, 6) is 1.62. The molecule has 0 unspecified atom stereocenters. The molecular formula is C16H19N3O. The van der Waals surface area contributed by atoms with Crippen molar-refractivity contribution < 1.29 is 4.79 Å². The summed E-state index contributed by atoms with van der Waals surface area (Å²) < 4.78 is 0. The number of carbonyl (C=O) groups is 1. The molecular weight excluding hydrogens is 250 g/mol. The van der Waals surface area contributed by atoms with Gasteiger partial charge in [-0.25, -0.2) is 0 Å². The van der Waals surface area contributed by atoms with Crippen molar-refractivity contribution in [3.05, 3.63) is 30.2 Å². The molecule has 0 radical (unpaired) electrons. The summed E-state index contributed by atoms with van der Waals surface area (Å²) in [6, 6.07) is 4.11. The summed E-state index contributed by atoms with van der Waals surface area (Å²) in [5, 5.41) is 1.22. The normalized spacial score (nSPS) is 19.3. The zero-order chi connectivity index (χ0) is 13.5. The number of hydrogen-bond donors (Lipinski definition) is 1. The van der Waals surface area contributed by atoms with Crippen molar-refractivity contribution in [2.24, 2.45) is 11.8 Å². The second-order valence-electron chi connectivity index (χ2n) is 6.22. The maximum Gasteiger partial charge on any atom is 0.222 e. The predicted octanol–water partition coefficient (Wildman–Crippen LogP) is 2.36. The van der Waals surface area contributed by atoms with E-state index in [0.29, 0.717) is 17.7 Å². The monoisotopic (exact) mass is 269 g/mol. The maximum atomic E-state index is 11.9. The molecule has 104 valence electrons. The van der Waals surface area contributed by atoms with Crippen LogP contribution in [0.4, 0.5) is 0 Å². The van der Waals surface area contributed by atoms with Crippen molar-refractivity contribution in [3.63, 3.8) is 0 Å². The molecule has 0 spiro atoms. The lowest BCUT2D eigenvalue weighted by Gasteiger charge is -2.39. The number of amides is 1. The van der Waals surface area contributed by atoms with Crippen LogP contribution in [0.3, 0.4) is 0 Å². The highest BCUT2D eigenvalue weighted by Gasteiger charge is 2.34. The molecule has 1 aliphatic carbocycles. The number of rotatable bonds is 4. The first kappa shape index (κ1) is 11.9. The summed E-state index contributed by atoms with van der Waals surface area (Å²) in [5.41, 5.74) is 2.28. The number of pyridine rings is 1. The van der Waals surface area contributed by atoms with Gasteiger partial charge in [-0.2, -0.15) is 0 Å². The molecule has 4 heteroatoms. The van der Waals surface area contributed by atoms with Crippen LogP contribution < -0.4 is 0 Å². The zero-order valence-corrected chi connectivity index (χ0v) is 11.5. The SMILES string of the molecule is O=C(CC1CC1)N1CC(Cc2nccc3cc[nH]c23)C1. The highest BCUT2D eigenvalue weighted by molar-refractivity contribution is 5.81. The van der Waals surface area contributed by atoms with Gasteiger partial charge in [-0.1, -0.05) is 0 Å². The van der Waals surface area contributed by atoms with E-state index in [4.69, 9.17) is 0 Å². The molecule has 4 rings (SSSR count). The van der Waals surface area contributed by atoms with Crippen molar-refractivity contribution >= 4 is 16.8 Å². The van der Waals surface area contributed by atoms with E-state index in [1.54, 1.807) is 0 Å². The van der Waals surface area contributed by atoms with Gasteiger partial charge >= 0.3 is 0 Å². The van der Waals surface area contributed by atoms with E-state index in [1.165, 1.54) is 18.2 Å². The van der Waals surface area contributed by atoms with Gasteiger partial charge in [0.05, 0.1) is 11.2 Å².